The molecule has 1 N–H and O–H groups in total. The van der Waals surface area contributed by atoms with Crippen molar-refractivity contribution < 1.29 is 18.3 Å². The van der Waals surface area contributed by atoms with E-state index in [0.717, 1.165) is 11.1 Å². The maximum atomic E-state index is 11.9. The molecule has 0 saturated heterocycles. The summed E-state index contributed by atoms with van der Waals surface area (Å²) in [5.41, 5.74) is 1.70. The molecule has 1 aromatic carbocycles. The number of benzene rings is 1. The van der Waals surface area contributed by atoms with Gasteiger partial charge in [-0.15, -0.1) is 0 Å². The number of carbonyl (C=O) groups is 1. The summed E-state index contributed by atoms with van der Waals surface area (Å²) >= 11 is 0. The van der Waals surface area contributed by atoms with Crippen LogP contribution in [0.2, 0.25) is 0 Å². The summed E-state index contributed by atoms with van der Waals surface area (Å²) in [6, 6.07) is 5.13. The van der Waals surface area contributed by atoms with Crippen molar-refractivity contribution in [1.82, 2.24) is 0 Å². The highest BCUT2D eigenvalue weighted by Crippen LogP contribution is 2.31. The van der Waals surface area contributed by atoms with Crippen LogP contribution in [0.1, 0.15) is 24.5 Å². The minimum Gasteiger partial charge on any atom is -0.481 e. The highest BCUT2D eigenvalue weighted by Gasteiger charge is 2.33. The van der Waals surface area contributed by atoms with E-state index in [1.165, 1.54) is 0 Å². The van der Waals surface area contributed by atoms with Gasteiger partial charge >= 0.3 is 5.97 Å². The van der Waals surface area contributed by atoms with Crippen molar-refractivity contribution in [2.24, 2.45) is 0 Å². The first-order valence-electron chi connectivity index (χ1n) is 5.49. The third-order valence-corrected chi connectivity index (χ3v) is 5.33. The highest BCUT2D eigenvalue weighted by atomic mass is 32.2. The van der Waals surface area contributed by atoms with Gasteiger partial charge in [-0.1, -0.05) is 12.1 Å². The van der Waals surface area contributed by atoms with Crippen LogP contribution in [0.4, 0.5) is 0 Å². The van der Waals surface area contributed by atoms with Crippen molar-refractivity contribution >= 4 is 15.8 Å². The van der Waals surface area contributed by atoms with Crippen LogP contribution in [0.25, 0.3) is 0 Å². The molecule has 17 heavy (non-hydrogen) atoms. The molecule has 0 aromatic heterocycles. The van der Waals surface area contributed by atoms with E-state index >= 15 is 0 Å². The molecule has 5 heteroatoms. The maximum absolute atomic E-state index is 11.9. The number of hydrogen-bond donors (Lipinski definition) is 1. The van der Waals surface area contributed by atoms with Gasteiger partial charge < -0.3 is 5.11 Å². The Morgan fingerprint density at radius 1 is 1.47 bits per heavy atom. The quantitative estimate of drug-likeness (QED) is 0.885. The second-order valence-corrected chi connectivity index (χ2v) is 6.73. The lowest BCUT2D eigenvalue weighted by Crippen LogP contribution is -2.11. The van der Waals surface area contributed by atoms with Gasteiger partial charge in [0.05, 0.1) is 10.1 Å². The fraction of sp³-hybridized carbons (Fsp3) is 0.417. The molecule has 1 aliphatic rings. The Hall–Kier alpha value is -1.36. The van der Waals surface area contributed by atoms with E-state index in [9.17, 15) is 13.2 Å². The summed E-state index contributed by atoms with van der Waals surface area (Å²) in [6.07, 6.45) is 1.04. The van der Waals surface area contributed by atoms with Crippen LogP contribution < -0.4 is 0 Å². The first-order valence-corrected chi connectivity index (χ1v) is 7.03. The summed E-state index contributed by atoms with van der Waals surface area (Å²) in [4.78, 5) is 10.9. The Bertz CT molecular complexity index is 560. The first-order chi connectivity index (χ1) is 7.91. The molecule has 1 atom stereocenters. The van der Waals surface area contributed by atoms with Crippen molar-refractivity contribution in [2.75, 3.05) is 0 Å². The van der Waals surface area contributed by atoms with Gasteiger partial charge in [-0.25, -0.2) is 8.42 Å². The van der Waals surface area contributed by atoms with Gasteiger partial charge in [-0.3, -0.25) is 4.79 Å². The summed E-state index contributed by atoms with van der Waals surface area (Å²) < 4.78 is 23.7. The zero-order valence-corrected chi connectivity index (χ0v) is 10.3. The Morgan fingerprint density at radius 2 is 2.18 bits per heavy atom. The second kappa shape index (κ2) is 4.14. The van der Waals surface area contributed by atoms with Gasteiger partial charge in [-0.2, -0.15) is 0 Å². The van der Waals surface area contributed by atoms with Crippen LogP contribution >= 0.6 is 0 Å². The van der Waals surface area contributed by atoms with Gasteiger partial charge in [0.1, 0.15) is 0 Å². The molecule has 2 rings (SSSR count). The minimum absolute atomic E-state index is 0.0705. The zero-order valence-electron chi connectivity index (χ0n) is 9.51. The van der Waals surface area contributed by atoms with Crippen molar-refractivity contribution in [2.45, 2.75) is 36.3 Å². The molecule has 92 valence electrons. The lowest BCUT2D eigenvalue weighted by atomic mass is 10.0. The van der Waals surface area contributed by atoms with E-state index < -0.39 is 15.8 Å². The van der Waals surface area contributed by atoms with Crippen LogP contribution in [0.5, 0.6) is 0 Å². The van der Waals surface area contributed by atoms with Crippen LogP contribution in [0.15, 0.2) is 23.1 Å². The molecular weight excluding hydrogens is 240 g/mol. The first kappa shape index (κ1) is 12.1. The molecule has 1 heterocycles. The van der Waals surface area contributed by atoms with E-state index in [1.807, 2.05) is 6.07 Å². The Balaban J connectivity index is 2.29. The molecule has 0 radical (unpaired) electrons. The lowest BCUT2D eigenvalue weighted by Gasteiger charge is -2.02. The molecule has 0 bridgehead atoms. The number of sulfone groups is 1. The Labute approximate surface area is 100 Å². The fourth-order valence-corrected chi connectivity index (χ4v) is 3.71. The summed E-state index contributed by atoms with van der Waals surface area (Å²) in [5.74, 6) is -0.841. The Morgan fingerprint density at radius 3 is 2.82 bits per heavy atom. The number of aliphatic carboxylic acids is 1. The molecular formula is C12H14O4S. The van der Waals surface area contributed by atoms with Crippen molar-refractivity contribution in [3.8, 4) is 0 Å². The molecule has 1 unspecified atom stereocenters. The topological polar surface area (TPSA) is 71.4 Å². The number of aryl methyl sites for hydroxylation is 1. The highest BCUT2D eigenvalue weighted by molar-refractivity contribution is 7.92. The van der Waals surface area contributed by atoms with Crippen LogP contribution in [-0.4, -0.2) is 24.7 Å². The minimum atomic E-state index is -3.15. The molecule has 4 nitrogen and oxygen atoms in total. The Kier molecular flexibility index (Phi) is 2.95. The summed E-state index contributed by atoms with van der Waals surface area (Å²) in [5, 5.41) is 8.23. The van der Waals surface area contributed by atoms with Gasteiger partial charge in [-0.05, 0) is 37.0 Å². The normalized spacial score (nSPS) is 21.1. The van der Waals surface area contributed by atoms with Crippen LogP contribution in [0, 0.1) is 0 Å². The molecule has 1 aromatic rings. The fourth-order valence-electron chi connectivity index (χ4n) is 2.11. The molecule has 0 fully saturated rings. The van der Waals surface area contributed by atoms with E-state index in [0.29, 0.717) is 17.7 Å². The monoisotopic (exact) mass is 254 g/mol. The largest absolute Gasteiger partial charge is 0.481 e. The molecule has 0 saturated carbocycles. The zero-order chi connectivity index (χ0) is 12.6. The predicted octanol–water partition coefficient (Wildman–Crippen LogP) is 1.42. The van der Waals surface area contributed by atoms with E-state index in [4.69, 9.17) is 5.11 Å². The van der Waals surface area contributed by atoms with E-state index in [-0.39, 0.29) is 11.7 Å². The third kappa shape index (κ3) is 2.20. The van der Waals surface area contributed by atoms with E-state index in [1.54, 1.807) is 19.1 Å². The molecule has 0 spiro atoms. The van der Waals surface area contributed by atoms with Gasteiger partial charge in [0.15, 0.2) is 9.84 Å². The molecule has 1 aliphatic heterocycles. The van der Waals surface area contributed by atoms with E-state index in [2.05, 4.69) is 0 Å². The standard InChI is InChI=1S/C12H14O4S/c1-8-6-10-7-9(3-5-12(13)14)2-4-11(10)17(8,15)16/h2,4,7-8H,3,5-6H2,1H3,(H,13,14). The average Bonchev–Trinajstić information content (AvgIpc) is 2.47. The summed E-state index contributed by atoms with van der Waals surface area (Å²) in [7, 11) is -3.15. The average molecular weight is 254 g/mol. The molecule has 0 amide bonds. The molecule has 0 aliphatic carbocycles. The SMILES string of the molecule is CC1Cc2cc(CCC(=O)O)ccc2S1(=O)=O. The van der Waals surface area contributed by atoms with Crippen molar-refractivity contribution in [1.29, 1.82) is 0 Å². The maximum Gasteiger partial charge on any atom is 0.303 e. The van der Waals surface area contributed by atoms with Gasteiger partial charge in [0.25, 0.3) is 0 Å². The third-order valence-electron chi connectivity index (χ3n) is 3.10. The van der Waals surface area contributed by atoms with Crippen LogP contribution in [0.3, 0.4) is 0 Å². The predicted molar refractivity (Wildman–Crippen MR) is 62.8 cm³/mol. The summed E-state index contributed by atoms with van der Waals surface area (Å²) in [6.45, 7) is 1.70. The van der Waals surface area contributed by atoms with Crippen molar-refractivity contribution in [3.63, 3.8) is 0 Å². The van der Waals surface area contributed by atoms with Crippen molar-refractivity contribution in [3.05, 3.63) is 29.3 Å². The van der Waals surface area contributed by atoms with Crippen LogP contribution in [-0.2, 0) is 27.5 Å². The smallest absolute Gasteiger partial charge is 0.303 e. The van der Waals surface area contributed by atoms with Gasteiger partial charge in [0, 0.05) is 6.42 Å². The lowest BCUT2D eigenvalue weighted by molar-refractivity contribution is -0.136. The van der Waals surface area contributed by atoms with Gasteiger partial charge in [0.2, 0.25) is 0 Å². The number of carboxylic acids is 1. The number of carboxylic acid groups (broad SMARTS) is 1. The number of rotatable bonds is 3. The second-order valence-electron chi connectivity index (χ2n) is 4.40. The number of fused-ring (bicyclic) bond motifs is 1. The number of hydrogen-bond acceptors (Lipinski definition) is 3.